The number of hydrogen-bond acceptors (Lipinski definition) is 5. The molecule has 6 nitrogen and oxygen atoms in total. The van der Waals surface area contributed by atoms with E-state index in [0.717, 1.165) is 31.7 Å². The number of piperazine rings is 1. The summed E-state index contributed by atoms with van der Waals surface area (Å²) in [5.41, 5.74) is 1.63. The Balaban J connectivity index is 1.40. The first-order chi connectivity index (χ1) is 14.1. The molecule has 0 aromatic heterocycles. The van der Waals surface area contributed by atoms with Crippen LogP contribution in [0.15, 0.2) is 42.5 Å². The molecule has 2 aromatic rings. The molecule has 1 aliphatic rings. The number of carbonyl (C=O) groups is 1. The van der Waals surface area contributed by atoms with Gasteiger partial charge in [-0.05, 0) is 29.8 Å². The van der Waals surface area contributed by atoms with Crippen LogP contribution in [0.5, 0.6) is 11.5 Å². The predicted octanol–water partition coefficient (Wildman–Crippen LogP) is 2.99. The highest BCUT2D eigenvalue weighted by Gasteiger charge is 2.18. The number of para-hydroxylation sites is 2. The number of benzene rings is 2. The first kappa shape index (κ1) is 21.1. The van der Waals surface area contributed by atoms with Crippen molar-refractivity contribution in [1.82, 2.24) is 9.80 Å². The molecule has 2 aromatic carbocycles. The SMILES string of the molecule is COc1ccc(CN2CCN(CCC(=O)Nc3ccccc3OC)CC2)cc1F. The molecule has 0 spiro atoms. The van der Waals surface area contributed by atoms with E-state index in [2.05, 4.69) is 15.1 Å². The van der Waals surface area contributed by atoms with Crippen molar-refractivity contribution in [2.24, 2.45) is 0 Å². The molecule has 1 N–H and O–H groups in total. The van der Waals surface area contributed by atoms with Gasteiger partial charge in [0.05, 0.1) is 19.9 Å². The van der Waals surface area contributed by atoms with Crippen LogP contribution in [0, 0.1) is 5.82 Å². The summed E-state index contributed by atoms with van der Waals surface area (Å²) in [4.78, 5) is 16.8. The zero-order chi connectivity index (χ0) is 20.6. The summed E-state index contributed by atoms with van der Waals surface area (Å²) in [6.07, 6.45) is 0.432. The van der Waals surface area contributed by atoms with Crippen LogP contribution in [0.2, 0.25) is 0 Å². The summed E-state index contributed by atoms with van der Waals surface area (Å²) >= 11 is 0. The maximum Gasteiger partial charge on any atom is 0.225 e. The number of halogens is 1. The Morgan fingerprint density at radius 1 is 1.00 bits per heavy atom. The zero-order valence-electron chi connectivity index (χ0n) is 17.0. The average Bonchev–Trinajstić information content (AvgIpc) is 2.74. The van der Waals surface area contributed by atoms with Crippen molar-refractivity contribution in [1.29, 1.82) is 0 Å². The molecule has 0 aliphatic carbocycles. The van der Waals surface area contributed by atoms with Gasteiger partial charge in [0.1, 0.15) is 5.75 Å². The molecule has 1 saturated heterocycles. The van der Waals surface area contributed by atoms with Crippen LogP contribution in [-0.2, 0) is 11.3 Å². The van der Waals surface area contributed by atoms with Crippen LogP contribution in [0.25, 0.3) is 0 Å². The highest BCUT2D eigenvalue weighted by molar-refractivity contribution is 5.92. The first-order valence-electron chi connectivity index (χ1n) is 9.79. The molecule has 0 saturated carbocycles. The van der Waals surface area contributed by atoms with Crippen molar-refractivity contribution in [3.05, 3.63) is 53.8 Å². The highest BCUT2D eigenvalue weighted by atomic mass is 19.1. The van der Waals surface area contributed by atoms with Gasteiger partial charge in [-0.2, -0.15) is 0 Å². The number of rotatable bonds is 8. The number of nitrogens with one attached hydrogen (secondary N) is 1. The maximum absolute atomic E-state index is 13.8. The van der Waals surface area contributed by atoms with Crippen LogP contribution in [-0.4, -0.2) is 62.7 Å². The molecule has 1 amide bonds. The molecule has 1 aliphatic heterocycles. The van der Waals surface area contributed by atoms with E-state index >= 15 is 0 Å². The van der Waals surface area contributed by atoms with Crippen LogP contribution >= 0.6 is 0 Å². The van der Waals surface area contributed by atoms with E-state index in [4.69, 9.17) is 9.47 Å². The minimum Gasteiger partial charge on any atom is -0.495 e. The van der Waals surface area contributed by atoms with Gasteiger partial charge < -0.3 is 19.7 Å². The van der Waals surface area contributed by atoms with Gasteiger partial charge in [0, 0.05) is 45.7 Å². The lowest BCUT2D eigenvalue weighted by Crippen LogP contribution is -2.46. The average molecular weight is 401 g/mol. The van der Waals surface area contributed by atoms with E-state index in [1.807, 2.05) is 30.3 Å². The Morgan fingerprint density at radius 2 is 1.69 bits per heavy atom. The number of carbonyl (C=O) groups excluding carboxylic acids is 1. The lowest BCUT2D eigenvalue weighted by atomic mass is 10.1. The third kappa shape index (κ3) is 5.92. The van der Waals surface area contributed by atoms with Crippen LogP contribution in [0.1, 0.15) is 12.0 Å². The van der Waals surface area contributed by atoms with Gasteiger partial charge in [0.2, 0.25) is 5.91 Å². The number of methoxy groups -OCH3 is 2. The maximum atomic E-state index is 13.8. The highest BCUT2D eigenvalue weighted by Crippen LogP contribution is 2.23. The van der Waals surface area contributed by atoms with Crippen molar-refractivity contribution in [2.45, 2.75) is 13.0 Å². The van der Waals surface area contributed by atoms with Crippen molar-refractivity contribution in [3.63, 3.8) is 0 Å². The molecule has 29 heavy (non-hydrogen) atoms. The van der Waals surface area contributed by atoms with Crippen molar-refractivity contribution in [2.75, 3.05) is 52.3 Å². The van der Waals surface area contributed by atoms with Crippen LogP contribution in [0.4, 0.5) is 10.1 Å². The molecule has 0 atom stereocenters. The second-order valence-electron chi connectivity index (χ2n) is 7.09. The van der Waals surface area contributed by atoms with Gasteiger partial charge in [0.25, 0.3) is 0 Å². The number of ether oxygens (including phenoxy) is 2. The van der Waals surface area contributed by atoms with E-state index in [-0.39, 0.29) is 17.5 Å². The molecule has 0 radical (unpaired) electrons. The van der Waals surface area contributed by atoms with Crippen LogP contribution < -0.4 is 14.8 Å². The molecule has 0 bridgehead atoms. The van der Waals surface area contributed by atoms with Gasteiger partial charge in [0.15, 0.2) is 11.6 Å². The second-order valence-corrected chi connectivity index (χ2v) is 7.09. The van der Waals surface area contributed by atoms with Crippen molar-refractivity contribution < 1.29 is 18.7 Å². The first-order valence-corrected chi connectivity index (χ1v) is 9.79. The molecule has 156 valence electrons. The molecule has 0 unspecified atom stereocenters. The van der Waals surface area contributed by atoms with Crippen molar-refractivity contribution >= 4 is 11.6 Å². The van der Waals surface area contributed by atoms with E-state index < -0.39 is 0 Å². The Bertz CT molecular complexity index is 823. The number of amides is 1. The zero-order valence-corrected chi connectivity index (χ0v) is 17.0. The fourth-order valence-corrected chi connectivity index (χ4v) is 3.46. The van der Waals surface area contributed by atoms with Crippen molar-refractivity contribution in [3.8, 4) is 11.5 Å². The normalized spacial score (nSPS) is 15.1. The van der Waals surface area contributed by atoms with Crippen LogP contribution in [0.3, 0.4) is 0 Å². The Labute approximate surface area is 171 Å². The topological polar surface area (TPSA) is 54.0 Å². The Morgan fingerprint density at radius 3 is 2.38 bits per heavy atom. The molecule has 3 rings (SSSR count). The van der Waals surface area contributed by atoms with E-state index in [1.54, 1.807) is 13.2 Å². The number of nitrogens with zero attached hydrogens (tertiary/aromatic N) is 2. The number of hydrogen-bond donors (Lipinski definition) is 1. The molecule has 7 heteroatoms. The van der Waals surface area contributed by atoms with Gasteiger partial charge in [-0.15, -0.1) is 0 Å². The van der Waals surface area contributed by atoms with Gasteiger partial charge in [-0.1, -0.05) is 18.2 Å². The monoisotopic (exact) mass is 401 g/mol. The van der Waals surface area contributed by atoms with Gasteiger partial charge >= 0.3 is 0 Å². The largest absolute Gasteiger partial charge is 0.495 e. The molecule has 1 heterocycles. The van der Waals surface area contributed by atoms with E-state index in [0.29, 0.717) is 30.9 Å². The summed E-state index contributed by atoms with van der Waals surface area (Å²) < 4.78 is 24.1. The lowest BCUT2D eigenvalue weighted by molar-refractivity contribution is -0.116. The third-order valence-corrected chi connectivity index (χ3v) is 5.12. The molecule has 1 fully saturated rings. The summed E-state index contributed by atoms with van der Waals surface area (Å²) in [7, 11) is 3.05. The third-order valence-electron chi connectivity index (χ3n) is 5.12. The minimum atomic E-state index is -0.329. The van der Waals surface area contributed by atoms with E-state index in [9.17, 15) is 9.18 Å². The van der Waals surface area contributed by atoms with Gasteiger partial charge in [-0.25, -0.2) is 4.39 Å². The molecular weight excluding hydrogens is 373 g/mol. The van der Waals surface area contributed by atoms with Gasteiger partial charge in [-0.3, -0.25) is 9.69 Å². The standard InChI is InChI=1S/C22H28FN3O3/c1-28-20-8-7-17(15-18(20)23)16-26-13-11-25(12-14-26)10-9-22(27)24-19-5-3-4-6-21(19)29-2/h3-8,15H,9-14,16H2,1-2H3,(H,24,27). The number of anilines is 1. The fourth-order valence-electron chi connectivity index (χ4n) is 3.46. The smallest absolute Gasteiger partial charge is 0.225 e. The summed E-state index contributed by atoms with van der Waals surface area (Å²) in [6.45, 7) is 4.99. The summed E-state index contributed by atoms with van der Waals surface area (Å²) in [6, 6.07) is 12.5. The molecular formula is C22H28FN3O3. The predicted molar refractivity (Wildman–Crippen MR) is 111 cm³/mol. The Kier molecular flexibility index (Phi) is 7.43. The van der Waals surface area contributed by atoms with E-state index in [1.165, 1.54) is 13.2 Å². The minimum absolute atomic E-state index is 0.0226. The Hall–Kier alpha value is -2.64. The summed E-state index contributed by atoms with van der Waals surface area (Å²) in [5.74, 6) is 0.574. The fraction of sp³-hybridized carbons (Fsp3) is 0.409. The quantitative estimate of drug-likeness (QED) is 0.737. The lowest BCUT2D eigenvalue weighted by Gasteiger charge is -2.34. The summed E-state index contributed by atoms with van der Waals surface area (Å²) in [5, 5.41) is 2.91. The second kappa shape index (κ2) is 10.2.